The highest BCUT2D eigenvalue weighted by atomic mass is 16.7. The topological polar surface area (TPSA) is 180 Å². The van der Waals surface area contributed by atoms with Gasteiger partial charge in [0.15, 0.2) is 6.29 Å². The molecule has 0 radical (unpaired) electrons. The summed E-state index contributed by atoms with van der Waals surface area (Å²) in [6.45, 7) is -1.10. The molecule has 1 heterocycles. The lowest BCUT2D eigenvalue weighted by Gasteiger charge is -2.45. The maximum atomic E-state index is 10.1. The zero-order valence-corrected chi connectivity index (χ0v) is 12.3. The van der Waals surface area contributed by atoms with Gasteiger partial charge in [-0.25, -0.2) is 0 Å². The van der Waals surface area contributed by atoms with E-state index >= 15 is 0 Å². The first kappa shape index (κ1) is 18.9. The van der Waals surface area contributed by atoms with Gasteiger partial charge in [0.25, 0.3) is 0 Å². The van der Waals surface area contributed by atoms with Crippen molar-refractivity contribution in [3.05, 3.63) is 0 Å². The van der Waals surface area contributed by atoms with Crippen molar-refractivity contribution >= 4 is 0 Å². The number of hydrogen-bond donors (Lipinski definition) is 8. The molecular formula is C13H24O10. The Hall–Kier alpha value is -0.400. The highest BCUT2D eigenvalue weighted by molar-refractivity contribution is 4.95. The molecule has 0 bridgehead atoms. The Labute approximate surface area is 132 Å². The van der Waals surface area contributed by atoms with Crippen LogP contribution in [0.1, 0.15) is 6.42 Å². The summed E-state index contributed by atoms with van der Waals surface area (Å²) in [4.78, 5) is 0. The molecule has 0 spiro atoms. The van der Waals surface area contributed by atoms with E-state index in [0.29, 0.717) is 0 Å². The molecule has 1 saturated heterocycles. The molecule has 0 aromatic heterocycles. The zero-order valence-electron chi connectivity index (χ0n) is 12.3. The minimum absolute atomic E-state index is 0.0344. The van der Waals surface area contributed by atoms with Crippen molar-refractivity contribution in [1.29, 1.82) is 0 Å². The van der Waals surface area contributed by atoms with Crippen LogP contribution >= 0.6 is 0 Å². The Morgan fingerprint density at radius 1 is 0.783 bits per heavy atom. The molecule has 10 unspecified atom stereocenters. The molecule has 1 aliphatic carbocycles. The summed E-state index contributed by atoms with van der Waals surface area (Å²) < 4.78 is 10.4. The fourth-order valence-corrected chi connectivity index (χ4v) is 2.96. The fraction of sp³-hybridized carbons (Fsp3) is 1.00. The van der Waals surface area contributed by atoms with E-state index in [1.54, 1.807) is 0 Å². The predicted molar refractivity (Wildman–Crippen MR) is 71.9 cm³/mol. The van der Waals surface area contributed by atoms with Gasteiger partial charge in [0, 0.05) is 12.5 Å². The molecule has 2 aliphatic rings. The number of rotatable bonds is 4. The molecule has 1 aliphatic heterocycles. The van der Waals surface area contributed by atoms with Gasteiger partial charge in [-0.05, 0) is 6.42 Å². The van der Waals surface area contributed by atoms with Crippen LogP contribution in [0.2, 0.25) is 0 Å². The number of hydrogen-bond acceptors (Lipinski definition) is 10. The van der Waals surface area contributed by atoms with Gasteiger partial charge in [0.2, 0.25) is 0 Å². The maximum Gasteiger partial charge on any atom is 0.187 e. The van der Waals surface area contributed by atoms with Crippen LogP contribution in [-0.2, 0) is 9.47 Å². The predicted octanol–water partition coefficient (Wildman–Crippen LogP) is -4.73. The first-order valence-electron chi connectivity index (χ1n) is 7.42. The van der Waals surface area contributed by atoms with E-state index in [9.17, 15) is 35.7 Å². The standard InChI is InChI=1S/C13H24O10/c14-2-4-1-5(16)8(18)12(7(4)17)23-13-11(21)10(20)9(19)6(3-15)22-13/h4-21H,1-3H2. The molecule has 10 atom stereocenters. The second kappa shape index (κ2) is 7.66. The van der Waals surface area contributed by atoms with Gasteiger partial charge in [0.05, 0.1) is 18.8 Å². The first-order chi connectivity index (χ1) is 10.8. The van der Waals surface area contributed by atoms with Crippen molar-refractivity contribution in [2.45, 2.75) is 61.5 Å². The fourth-order valence-electron chi connectivity index (χ4n) is 2.96. The summed E-state index contributed by atoms with van der Waals surface area (Å²) in [7, 11) is 0. The molecule has 0 aromatic rings. The third kappa shape index (κ3) is 3.66. The lowest BCUT2D eigenvalue weighted by molar-refractivity contribution is -0.332. The summed E-state index contributed by atoms with van der Waals surface area (Å²) in [6.07, 6.45) is -13.2. The SMILES string of the molecule is OCC1CC(O)C(O)C(OC2OC(CO)C(O)C(O)C2O)C1O. The van der Waals surface area contributed by atoms with Gasteiger partial charge < -0.3 is 50.3 Å². The second-order valence-corrected chi connectivity index (χ2v) is 6.02. The highest BCUT2D eigenvalue weighted by Crippen LogP contribution is 2.31. The van der Waals surface area contributed by atoms with Crippen LogP contribution in [0.4, 0.5) is 0 Å². The minimum atomic E-state index is -1.70. The minimum Gasteiger partial charge on any atom is -0.396 e. The molecule has 10 nitrogen and oxygen atoms in total. The maximum absolute atomic E-state index is 10.1. The quantitative estimate of drug-likeness (QED) is 0.247. The molecule has 1 saturated carbocycles. The van der Waals surface area contributed by atoms with E-state index in [4.69, 9.17) is 14.6 Å². The van der Waals surface area contributed by atoms with Gasteiger partial charge in [-0.1, -0.05) is 0 Å². The van der Waals surface area contributed by atoms with Crippen LogP contribution in [0.3, 0.4) is 0 Å². The van der Waals surface area contributed by atoms with Gasteiger partial charge in [-0.2, -0.15) is 0 Å². The van der Waals surface area contributed by atoms with Gasteiger partial charge in [-0.15, -0.1) is 0 Å². The van der Waals surface area contributed by atoms with Crippen LogP contribution in [0.15, 0.2) is 0 Å². The summed E-state index contributed by atoms with van der Waals surface area (Å²) in [5.41, 5.74) is 0. The molecule has 2 fully saturated rings. The lowest BCUT2D eigenvalue weighted by atomic mass is 9.81. The monoisotopic (exact) mass is 340 g/mol. The Balaban J connectivity index is 2.11. The van der Waals surface area contributed by atoms with E-state index in [2.05, 4.69) is 0 Å². The molecule has 2 rings (SSSR count). The third-order valence-corrected chi connectivity index (χ3v) is 4.47. The molecule has 8 N–H and O–H groups in total. The van der Waals surface area contributed by atoms with Gasteiger partial charge >= 0.3 is 0 Å². The second-order valence-electron chi connectivity index (χ2n) is 6.02. The van der Waals surface area contributed by atoms with Crippen molar-refractivity contribution in [3.63, 3.8) is 0 Å². The normalized spacial score (nSPS) is 51.7. The molecule has 0 amide bonds. The van der Waals surface area contributed by atoms with Crippen LogP contribution in [0.5, 0.6) is 0 Å². The average molecular weight is 340 g/mol. The summed E-state index contributed by atoms with van der Waals surface area (Å²) in [5.74, 6) is -0.747. The van der Waals surface area contributed by atoms with E-state index in [-0.39, 0.29) is 6.42 Å². The Morgan fingerprint density at radius 3 is 2.00 bits per heavy atom. The number of ether oxygens (including phenoxy) is 2. The van der Waals surface area contributed by atoms with Crippen LogP contribution < -0.4 is 0 Å². The van der Waals surface area contributed by atoms with Crippen molar-refractivity contribution in [2.24, 2.45) is 5.92 Å². The van der Waals surface area contributed by atoms with Crippen molar-refractivity contribution < 1.29 is 50.3 Å². The van der Waals surface area contributed by atoms with Crippen LogP contribution in [-0.4, -0.2) is 109 Å². The zero-order chi connectivity index (χ0) is 17.3. The van der Waals surface area contributed by atoms with Gasteiger partial charge in [0.1, 0.15) is 36.6 Å². The number of aliphatic hydroxyl groups excluding tert-OH is 8. The highest BCUT2D eigenvalue weighted by Gasteiger charge is 2.49. The van der Waals surface area contributed by atoms with Crippen molar-refractivity contribution in [3.8, 4) is 0 Å². The van der Waals surface area contributed by atoms with E-state index in [1.165, 1.54) is 0 Å². The summed E-state index contributed by atoms with van der Waals surface area (Å²) in [5, 5.41) is 77.4. The molecular weight excluding hydrogens is 316 g/mol. The van der Waals surface area contributed by atoms with E-state index < -0.39 is 74.3 Å². The molecule has 10 heteroatoms. The first-order valence-corrected chi connectivity index (χ1v) is 7.42. The van der Waals surface area contributed by atoms with Gasteiger partial charge in [-0.3, -0.25) is 0 Å². The Bertz CT molecular complexity index is 380. The molecule has 0 aromatic carbocycles. The number of aliphatic hydroxyl groups is 8. The third-order valence-electron chi connectivity index (χ3n) is 4.47. The van der Waals surface area contributed by atoms with Crippen LogP contribution in [0, 0.1) is 5.92 Å². The van der Waals surface area contributed by atoms with E-state index in [1.807, 2.05) is 0 Å². The summed E-state index contributed by atoms with van der Waals surface area (Å²) in [6, 6.07) is 0. The largest absolute Gasteiger partial charge is 0.396 e. The Morgan fingerprint density at radius 2 is 1.43 bits per heavy atom. The van der Waals surface area contributed by atoms with E-state index in [0.717, 1.165) is 0 Å². The summed E-state index contributed by atoms with van der Waals surface area (Å²) >= 11 is 0. The Kier molecular flexibility index (Phi) is 6.30. The average Bonchev–Trinajstić information content (AvgIpc) is 2.54. The van der Waals surface area contributed by atoms with Crippen molar-refractivity contribution in [2.75, 3.05) is 13.2 Å². The molecule has 23 heavy (non-hydrogen) atoms. The smallest absolute Gasteiger partial charge is 0.187 e. The molecule has 136 valence electrons. The van der Waals surface area contributed by atoms with Crippen LogP contribution in [0.25, 0.3) is 0 Å². The lowest BCUT2D eigenvalue weighted by Crippen LogP contribution is -2.63. The van der Waals surface area contributed by atoms with Crippen molar-refractivity contribution in [1.82, 2.24) is 0 Å².